The van der Waals surface area contributed by atoms with Crippen LogP contribution in [0.4, 0.5) is 5.69 Å². The van der Waals surface area contributed by atoms with Crippen molar-refractivity contribution in [3.8, 4) is 0 Å². The highest BCUT2D eigenvalue weighted by molar-refractivity contribution is 6.32. The van der Waals surface area contributed by atoms with Crippen LogP contribution >= 0.6 is 11.6 Å². The van der Waals surface area contributed by atoms with Crippen molar-refractivity contribution < 1.29 is 5.11 Å². The fourth-order valence-corrected chi connectivity index (χ4v) is 2.12. The minimum atomic E-state index is -0.751. The van der Waals surface area contributed by atoms with Crippen molar-refractivity contribution in [2.75, 3.05) is 11.9 Å². The number of nitrogens with zero attached hydrogens (tertiary/aromatic N) is 2. The van der Waals surface area contributed by atoms with Crippen LogP contribution in [0.25, 0.3) is 0 Å². The molecule has 0 saturated heterocycles. The van der Waals surface area contributed by atoms with Crippen molar-refractivity contribution in [2.45, 2.75) is 12.5 Å². The van der Waals surface area contributed by atoms with Gasteiger partial charge in [0, 0.05) is 7.05 Å². The molecule has 2 rings (SSSR count). The van der Waals surface area contributed by atoms with Crippen LogP contribution in [0.15, 0.2) is 41.3 Å². The number of hydrogen-bond acceptors (Lipinski definition) is 4. The Morgan fingerprint density at radius 2 is 2.05 bits per heavy atom. The predicted octanol–water partition coefficient (Wildman–Crippen LogP) is 1.75. The van der Waals surface area contributed by atoms with Gasteiger partial charge in [0.2, 0.25) is 0 Å². The Morgan fingerprint density at radius 3 is 2.65 bits per heavy atom. The van der Waals surface area contributed by atoms with Crippen LogP contribution in [0.3, 0.4) is 0 Å². The molecule has 0 aliphatic carbocycles. The van der Waals surface area contributed by atoms with E-state index < -0.39 is 5.54 Å². The molecule has 0 saturated carbocycles. The molecular weight excluding hydrogens is 278 g/mol. The second-order valence-corrected chi connectivity index (χ2v) is 5.16. The first kappa shape index (κ1) is 14.6. The highest BCUT2D eigenvalue weighted by atomic mass is 35.5. The molecule has 5 nitrogen and oxygen atoms in total. The van der Waals surface area contributed by atoms with E-state index in [1.165, 1.54) is 13.2 Å². The molecule has 0 aliphatic rings. The van der Waals surface area contributed by atoms with Crippen molar-refractivity contribution in [1.82, 2.24) is 9.78 Å². The number of halogens is 1. The molecule has 0 spiro atoms. The van der Waals surface area contributed by atoms with Gasteiger partial charge in [0.1, 0.15) is 5.02 Å². The van der Waals surface area contributed by atoms with Gasteiger partial charge in [0.15, 0.2) is 0 Å². The Bertz CT molecular complexity index is 657. The topological polar surface area (TPSA) is 67.2 Å². The van der Waals surface area contributed by atoms with E-state index >= 15 is 0 Å². The lowest BCUT2D eigenvalue weighted by Gasteiger charge is -2.30. The van der Waals surface area contributed by atoms with Crippen LogP contribution in [0.2, 0.25) is 5.02 Å². The third-order valence-electron chi connectivity index (χ3n) is 3.22. The zero-order valence-corrected chi connectivity index (χ0v) is 12.1. The summed E-state index contributed by atoms with van der Waals surface area (Å²) in [6.45, 7) is 1.68. The molecule has 1 atom stereocenters. The summed E-state index contributed by atoms with van der Waals surface area (Å²) in [5.41, 5.74) is 0.151. The van der Waals surface area contributed by atoms with Gasteiger partial charge in [0.25, 0.3) is 5.56 Å². The Kier molecular flexibility index (Phi) is 4.11. The number of aliphatic hydroxyl groups is 1. The number of anilines is 1. The van der Waals surface area contributed by atoms with Crippen LogP contribution in [-0.2, 0) is 12.6 Å². The molecule has 6 heteroatoms. The molecular formula is C14H16ClN3O2. The number of aromatic nitrogens is 2. The van der Waals surface area contributed by atoms with E-state index in [2.05, 4.69) is 10.4 Å². The predicted molar refractivity (Wildman–Crippen MR) is 79.0 cm³/mol. The normalized spacial score (nSPS) is 13.8. The molecule has 1 unspecified atom stereocenters. The Labute approximate surface area is 121 Å². The van der Waals surface area contributed by atoms with Gasteiger partial charge in [-0.2, -0.15) is 5.10 Å². The van der Waals surface area contributed by atoms with Crippen molar-refractivity contribution in [3.63, 3.8) is 0 Å². The maximum Gasteiger partial charge on any atom is 0.287 e. The lowest BCUT2D eigenvalue weighted by atomic mass is 9.92. The lowest BCUT2D eigenvalue weighted by molar-refractivity contribution is 0.224. The molecule has 2 aromatic rings. The molecule has 0 fully saturated rings. The third-order valence-corrected chi connectivity index (χ3v) is 3.58. The first-order valence-electron chi connectivity index (χ1n) is 6.14. The summed E-state index contributed by atoms with van der Waals surface area (Å²) in [4.78, 5) is 11.8. The summed E-state index contributed by atoms with van der Waals surface area (Å²) in [5, 5.41) is 16.8. The standard InChI is InChI=1S/C14H16ClN3O2/c1-14(9-19,10-6-4-3-5-7-10)17-11-8-16-18(2)13(20)12(11)15/h3-8,17,19H,9H2,1-2H3. The fraction of sp³-hybridized carbons (Fsp3) is 0.286. The van der Waals surface area contributed by atoms with E-state index in [1.54, 1.807) is 0 Å². The molecule has 1 aromatic carbocycles. The van der Waals surface area contributed by atoms with Crippen LogP contribution < -0.4 is 10.9 Å². The summed E-state index contributed by atoms with van der Waals surface area (Å²) in [5.74, 6) is 0. The van der Waals surface area contributed by atoms with Gasteiger partial charge in [0.05, 0.1) is 24.0 Å². The molecule has 1 heterocycles. The molecule has 20 heavy (non-hydrogen) atoms. The van der Waals surface area contributed by atoms with Crippen LogP contribution in [0.1, 0.15) is 12.5 Å². The minimum Gasteiger partial charge on any atom is -0.394 e. The second kappa shape index (κ2) is 5.64. The van der Waals surface area contributed by atoms with Gasteiger partial charge >= 0.3 is 0 Å². The molecule has 0 amide bonds. The van der Waals surface area contributed by atoms with Crippen molar-refractivity contribution in [1.29, 1.82) is 0 Å². The molecule has 2 N–H and O–H groups in total. The number of hydrogen-bond donors (Lipinski definition) is 2. The number of nitrogens with one attached hydrogen (secondary N) is 1. The quantitative estimate of drug-likeness (QED) is 0.901. The van der Waals surface area contributed by atoms with E-state index in [0.717, 1.165) is 10.2 Å². The second-order valence-electron chi connectivity index (χ2n) is 4.78. The van der Waals surface area contributed by atoms with Gasteiger partial charge in [-0.05, 0) is 12.5 Å². The number of aryl methyl sites for hydroxylation is 1. The zero-order valence-electron chi connectivity index (χ0n) is 11.3. The first-order chi connectivity index (χ1) is 9.48. The number of rotatable bonds is 4. The summed E-state index contributed by atoms with van der Waals surface area (Å²) >= 11 is 6.03. The smallest absolute Gasteiger partial charge is 0.287 e. The Morgan fingerprint density at radius 1 is 1.40 bits per heavy atom. The van der Waals surface area contributed by atoms with Crippen molar-refractivity contribution in [3.05, 3.63) is 57.5 Å². The molecule has 1 aromatic heterocycles. The minimum absolute atomic E-state index is 0.0538. The van der Waals surface area contributed by atoms with Crippen molar-refractivity contribution in [2.24, 2.45) is 7.05 Å². The average molecular weight is 294 g/mol. The summed E-state index contributed by atoms with van der Waals surface area (Å²) in [6, 6.07) is 9.45. The molecule has 106 valence electrons. The maximum atomic E-state index is 11.8. The zero-order chi connectivity index (χ0) is 14.8. The highest BCUT2D eigenvalue weighted by Gasteiger charge is 2.26. The largest absolute Gasteiger partial charge is 0.394 e. The lowest BCUT2D eigenvalue weighted by Crippen LogP contribution is -2.37. The Hall–Kier alpha value is -1.85. The summed E-state index contributed by atoms with van der Waals surface area (Å²) < 4.78 is 1.16. The van der Waals surface area contributed by atoms with Gasteiger partial charge in [-0.15, -0.1) is 0 Å². The van der Waals surface area contributed by atoms with Gasteiger partial charge < -0.3 is 10.4 Å². The van der Waals surface area contributed by atoms with Gasteiger partial charge in [-0.1, -0.05) is 41.9 Å². The third kappa shape index (κ3) is 2.69. The van der Waals surface area contributed by atoms with Crippen LogP contribution in [0, 0.1) is 0 Å². The van der Waals surface area contributed by atoms with E-state index in [-0.39, 0.29) is 17.2 Å². The van der Waals surface area contributed by atoms with Crippen molar-refractivity contribution >= 4 is 17.3 Å². The van der Waals surface area contributed by atoms with Gasteiger partial charge in [-0.25, -0.2) is 4.68 Å². The average Bonchev–Trinajstić information content (AvgIpc) is 2.48. The van der Waals surface area contributed by atoms with E-state index in [4.69, 9.17) is 11.6 Å². The number of aliphatic hydroxyl groups excluding tert-OH is 1. The van der Waals surface area contributed by atoms with E-state index in [1.807, 2.05) is 37.3 Å². The molecule has 0 bridgehead atoms. The van der Waals surface area contributed by atoms with E-state index in [9.17, 15) is 9.90 Å². The van der Waals surface area contributed by atoms with Crippen LogP contribution in [-0.4, -0.2) is 21.5 Å². The fourth-order valence-electron chi connectivity index (χ4n) is 1.90. The van der Waals surface area contributed by atoms with Crippen LogP contribution in [0.5, 0.6) is 0 Å². The first-order valence-corrected chi connectivity index (χ1v) is 6.52. The maximum absolute atomic E-state index is 11.8. The molecule has 0 radical (unpaired) electrons. The van der Waals surface area contributed by atoms with E-state index in [0.29, 0.717) is 5.69 Å². The summed E-state index contributed by atoms with van der Waals surface area (Å²) in [7, 11) is 1.53. The highest BCUT2D eigenvalue weighted by Crippen LogP contribution is 2.27. The molecule has 0 aliphatic heterocycles. The van der Waals surface area contributed by atoms with Gasteiger partial charge in [-0.3, -0.25) is 4.79 Å². The number of benzene rings is 1. The summed E-state index contributed by atoms with van der Waals surface area (Å²) in [6.07, 6.45) is 1.47. The monoisotopic (exact) mass is 293 g/mol. The SMILES string of the molecule is Cn1ncc(NC(C)(CO)c2ccccc2)c(Cl)c1=O. The Balaban J connectivity index is 2.41.